The van der Waals surface area contributed by atoms with Crippen molar-refractivity contribution in [2.45, 2.75) is 76.4 Å². The van der Waals surface area contributed by atoms with Crippen molar-refractivity contribution in [3.05, 3.63) is 46.6 Å². The molecule has 0 saturated carbocycles. The second kappa shape index (κ2) is 13.4. The van der Waals surface area contributed by atoms with Crippen LogP contribution in [0.4, 0.5) is 8.78 Å². The number of nitrogens with zero attached hydrogens (tertiary/aromatic N) is 2. The predicted octanol–water partition coefficient (Wildman–Crippen LogP) is 1.04. The first-order valence-corrected chi connectivity index (χ1v) is 14.0. The van der Waals surface area contributed by atoms with E-state index in [2.05, 4.69) is 15.5 Å². The van der Waals surface area contributed by atoms with Crippen LogP contribution in [0.1, 0.15) is 39.5 Å². The molecular weight excluding hydrogens is 510 g/mol. The van der Waals surface area contributed by atoms with Crippen LogP contribution < -0.4 is 10.6 Å². The average molecular weight is 555 g/mol. The number of aliphatic hydroxyl groups excluding tert-OH is 4. The van der Waals surface area contributed by atoms with E-state index in [-0.39, 0.29) is 24.1 Å². The zero-order valence-electron chi connectivity index (χ0n) is 22.9. The third-order valence-electron chi connectivity index (χ3n) is 8.08. The summed E-state index contributed by atoms with van der Waals surface area (Å²) in [5, 5.41) is 46.8. The van der Waals surface area contributed by atoms with Gasteiger partial charge in [0.2, 0.25) is 0 Å². The number of piperidine rings is 1. The molecule has 6 N–H and O–H groups in total. The highest BCUT2D eigenvalue weighted by atomic mass is 19.3. The largest absolute Gasteiger partial charge is 0.379 e. The Morgan fingerprint density at radius 1 is 1.23 bits per heavy atom. The summed E-state index contributed by atoms with van der Waals surface area (Å²) in [5.41, 5.74) is 2.34. The standard InChI is InChI=1S/C28H44F2N4O5/c1-3-22-20(17-34(26(22)37)23-7-8-24(35)32-25(23)36)13-18(2)15-31-27(38)28(29,30)21-6-4-5-19(14-21)16-33-9-11-39-12-10-33/h3,6,13-14,18,23-27,31-32,35-38H,4-5,7-12,15-17H2,1-2H3/b20-13-,22-3?/t18-,23?,24+,25-,26+,27+/m1/s1. The maximum atomic E-state index is 15.2. The Labute approximate surface area is 229 Å². The van der Waals surface area contributed by atoms with Gasteiger partial charge in [0, 0.05) is 38.3 Å². The summed E-state index contributed by atoms with van der Waals surface area (Å²) in [6.45, 7) is 7.69. The van der Waals surface area contributed by atoms with Crippen LogP contribution in [-0.2, 0) is 4.74 Å². The zero-order chi connectivity index (χ0) is 28.2. The van der Waals surface area contributed by atoms with Gasteiger partial charge in [-0.05, 0) is 49.7 Å². The van der Waals surface area contributed by atoms with Crippen LogP contribution in [-0.4, -0.2) is 113 Å². The molecule has 0 aromatic carbocycles. The van der Waals surface area contributed by atoms with Gasteiger partial charge in [-0.3, -0.25) is 20.4 Å². The minimum atomic E-state index is -3.44. The van der Waals surface area contributed by atoms with Crippen molar-refractivity contribution in [2.24, 2.45) is 5.92 Å². The third kappa shape index (κ3) is 7.41. The molecule has 0 amide bonds. The van der Waals surface area contributed by atoms with Gasteiger partial charge >= 0.3 is 5.92 Å². The summed E-state index contributed by atoms with van der Waals surface area (Å²) in [6.07, 6.45) is 4.30. The van der Waals surface area contributed by atoms with Gasteiger partial charge in [0.1, 0.15) is 18.7 Å². The number of rotatable bonds is 9. The molecule has 11 heteroatoms. The van der Waals surface area contributed by atoms with E-state index in [1.165, 1.54) is 12.2 Å². The van der Waals surface area contributed by atoms with Gasteiger partial charge in [0.05, 0.1) is 19.3 Å². The first-order valence-electron chi connectivity index (χ1n) is 14.0. The quantitative estimate of drug-likeness (QED) is 0.232. The van der Waals surface area contributed by atoms with Crippen molar-refractivity contribution in [1.29, 1.82) is 0 Å². The molecule has 9 nitrogen and oxygen atoms in total. The van der Waals surface area contributed by atoms with Gasteiger partial charge in [0.15, 0.2) is 6.23 Å². The number of hydrogen-bond donors (Lipinski definition) is 6. The van der Waals surface area contributed by atoms with Crippen LogP contribution in [0.5, 0.6) is 0 Å². The fourth-order valence-electron chi connectivity index (χ4n) is 5.88. The van der Waals surface area contributed by atoms with Crippen LogP contribution in [0.15, 0.2) is 46.6 Å². The molecule has 3 fully saturated rings. The number of morpholine rings is 1. The van der Waals surface area contributed by atoms with Crippen LogP contribution in [0.3, 0.4) is 0 Å². The molecule has 0 bridgehead atoms. The lowest BCUT2D eigenvalue weighted by molar-refractivity contribution is -0.0923. The van der Waals surface area contributed by atoms with Crippen molar-refractivity contribution in [2.75, 3.05) is 45.9 Å². The molecule has 1 unspecified atom stereocenters. The third-order valence-corrected chi connectivity index (χ3v) is 8.08. The molecule has 3 saturated heterocycles. The maximum Gasteiger partial charge on any atom is 0.311 e. The van der Waals surface area contributed by atoms with Gasteiger partial charge in [-0.2, -0.15) is 8.78 Å². The highest BCUT2D eigenvalue weighted by Crippen LogP contribution is 2.35. The van der Waals surface area contributed by atoms with Crippen molar-refractivity contribution in [3.8, 4) is 0 Å². The van der Waals surface area contributed by atoms with E-state index in [0.717, 1.165) is 30.7 Å². The normalized spacial score (nSPS) is 33.3. The molecule has 0 aromatic heterocycles. The Morgan fingerprint density at radius 2 is 1.97 bits per heavy atom. The number of aliphatic hydroxyl groups is 4. The lowest BCUT2D eigenvalue weighted by Gasteiger charge is -2.38. The lowest BCUT2D eigenvalue weighted by atomic mass is 9.94. The Kier molecular flexibility index (Phi) is 10.5. The monoisotopic (exact) mass is 554 g/mol. The minimum Gasteiger partial charge on any atom is -0.379 e. The molecule has 220 valence electrons. The fraction of sp³-hybridized carbons (Fsp3) is 0.714. The van der Waals surface area contributed by atoms with E-state index in [9.17, 15) is 20.4 Å². The van der Waals surface area contributed by atoms with E-state index < -0.39 is 30.8 Å². The van der Waals surface area contributed by atoms with Gasteiger partial charge < -0.3 is 25.2 Å². The van der Waals surface area contributed by atoms with Crippen molar-refractivity contribution < 1.29 is 33.9 Å². The maximum absolute atomic E-state index is 15.2. The zero-order valence-corrected chi connectivity index (χ0v) is 22.9. The summed E-state index contributed by atoms with van der Waals surface area (Å²) in [4.78, 5) is 3.99. The molecule has 1 aliphatic carbocycles. The van der Waals surface area contributed by atoms with Gasteiger partial charge in [-0.1, -0.05) is 36.8 Å². The summed E-state index contributed by atoms with van der Waals surface area (Å²) >= 11 is 0. The fourth-order valence-corrected chi connectivity index (χ4v) is 5.88. The van der Waals surface area contributed by atoms with Crippen molar-refractivity contribution in [3.63, 3.8) is 0 Å². The number of nitrogens with one attached hydrogen (secondary N) is 2. The number of alkyl halides is 2. The number of halogens is 2. The molecule has 39 heavy (non-hydrogen) atoms. The SMILES string of the molecule is CC=C1/C(=C\[C@@H](C)CN[C@@H](O)C(F)(F)C2=CCCC(CN3CCOCC3)=C2)CN(C2CC[C@H](O)N[C@@H]2O)[C@H]1O. The smallest absolute Gasteiger partial charge is 0.311 e. The summed E-state index contributed by atoms with van der Waals surface area (Å²) in [5.74, 6) is -3.65. The number of hydrogen-bond acceptors (Lipinski definition) is 9. The Morgan fingerprint density at radius 3 is 2.67 bits per heavy atom. The Balaban J connectivity index is 1.34. The average Bonchev–Trinajstić information content (AvgIpc) is 3.22. The van der Waals surface area contributed by atoms with E-state index in [1.807, 2.05) is 26.0 Å². The summed E-state index contributed by atoms with van der Waals surface area (Å²) in [6, 6.07) is -0.372. The number of likely N-dealkylation sites (tertiary alicyclic amines) is 1. The Hall–Kier alpha value is -1.54. The first-order chi connectivity index (χ1) is 18.6. The van der Waals surface area contributed by atoms with E-state index in [0.29, 0.717) is 51.1 Å². The molecule has 4 rings (SSSR count). The van der Waals surface area contributed by atoms with Crippen molar-refractivity contribution in [1.82, 2.24) is 20.4 Å². The topological polar surface area (TPSA) is 121 Å². The first kappa shape index (κ1) is 30.4. The second-order valence-electron chi connectivity index (χ2n) is 11.1. The molecule has 0 radical (unpaired) electrons. The number of ether oxygens (including phenoxy) is 1. The number of allylic oxidation sites excluding steroid dienone is 3. The molecule has 0 spiro atoms. The van der Waals surface area contributed by atoms with Gasteiger partial charge in [0.25, 0.3) is 0 Å². The van der Waals surface area contributed by atoms with Crippen LogP contribution >= 0.6 is 0 Å². The highest BCUT2D eigenvalue weighted by molar-refractivity contribution is 5.40. The highest BCUT2D eigenvalue weighted by Gasteiger charge is 2.43. The molecule has 0 aromatic rings. The molecular formula is C28H44F2N4O5. The molecule has 6 atom stereocenters. The van der Waals surface area contributed by atoms with Crippen LogP contribution in [0.25, 0.3) is 0 Å². The minimum absolute atomic E-state index is 0.116. The molecule has 3 heterocycles. The molecule has 3 aliphatic heterocycles. The van der Waals surface area contributed by atoms with Gasteiger partial charge in [-0.15, -0.1) is 0 Å². The van der Waals surface area contributed by atoms with E-state index in [1.54, 1.807) is 4.90 Å². The molecule has 4 aliphatic rings. The van der Waals surface area contributed by atoms with E-state index >= 15 is 8.78 Å². The second-order valence-corrected chi connectivity index (χ2v) is 11.1. The lowest BCUT2D eigenvalue weighted by Crippen LogP contribution is -2.58. The van der Waals surface area contributed by atoms with Crippen molar-refractivity contribution >= 4 is 0 Å². The van der Waals surface area contributed by atoms with Gasteiger partial charge in [-0.25, -0.2) is 0 Å². The van der Waals surface area contributed by atoms with E-state index in [4.69, 9.17) is 4.74 Å². The summed E-state index contributed by atoms with van der Waals surface area (Å²) in [7, 11) is 0. The Bertz CT molecular complexity index is 966. The predicted molar refractivity (Wildman–Crippen MR) is 144 cm³/mol. The van der Waals surface area contributed by atoms with Crippen LogP contribution in [0, 0.1) is 5.92 Å². The summed E-state index contributed by atoms with van der Waals surface area (Å²) < 4.78 is 35.8. The van der Waals surface area contributed by atoms with Crippen LogP contribution in [0.2, 0.25) is 0 Å².